The van der Waals surface area contributed by atoms with Crippen LogP contribution in [0.3, 0.4) is 0 Å². The Morgan fingerprint density at radius 2 is 1.79 bits per heavy atom. The van der Waals surface area contributed by atoms with Gasteiger partial charge in [0.25, 0.3) is 5.91 Å². The van der Waals surface area contributed by atoms with Crippen molar-refractivity contribution in [3.63, 3.8) is 0 Å². The molecule has 0 heterocycles. The van der Waals surface area contributed by atoms with Gasteiger partial charge in [0.1, 0.15) is 5.60 Å². The summed E-state index contributed by atoms with van der Waals surface area (Å²) in [5.41, 5.74) is 0.864. The molecule has 1 N–H and O–H groups in total. The van der Waals surface area contributed by atoms with Crippen molar-refractivity contribution in [3.05, 3.63) is 11.6 Å². The molecule has 4 rings (SSSR count). The van der Waals surface area contributed by atoms with Gasteiger partial charge in [0.2, 0.25) is 0 Å². The maximum absolute atomic E-state index is 12.7. The van der Waals surface area contributed by atoms with Crippen LogP contribution in [-0.2, 0) is 4.79 Å². The van der Waals surface area contributed by atoms with Gasteiger partial charge in [-0.25, -0.2) is 0 Å². The molecule has 4 aliphatic carbocycles. The van der Waals surface area contributed by atoms with E-state index in [1.54, 1.807) is 19.0 Å². The number of hydrogen-bond donors (Lipinski definition) is 1. The van der Waals surface area contributed by atoms with E-state index >= 15 is 0 Å². The highest BCUT2D eigenvalue weighted by Crippen LogP contribution is 2.67. The molecule has 0 radical (unpaired) electrons. The Bertz CT molecular complexity index is 771. The van der Waals surface area contributed by atoms with Crippen molar-refractivity contribution < 1.29 is 9.90 Å². The molecule has 0 aromatic rings. The normalized spacial score (nSPS) is 43.4. The SMILES string of the molecule is CC(C)CCC[C@@H](C)[C@H]1CC[C@H]2[C@@H]3CC=C4CC(O)(C(=O)N(C)C)CC[C@]4(C)[C@H]3CC[C@]12C. The van der Waals surface area contributed by atoms with Gasteiger partial charge < -0.3 is 10.0 Å². The van der Waals surface area contributed by atoms with Crippen molar-refractivity contribution in [2.24, 2.45) is 46.3 Å². The van der Waals surface area contributed by atoms with E-state index in [9.17, 15) is 9.90 Å². The van der Waals surface area contributed by atoms with Crippen LogP contribution in [0.15, 0.2) is 11.6 Å². The molecule has 188 valence electrons. The number of amides is 1. The van der Waals surface area contributed by atoms with Crippen molar-refractivity contribution in [1.82, 2.24) is 4.90 Å². The summed E-state index contributed by atoms with van der Waals surface area (Å²) in [7, 11) is 3.53. The van der Waals surface area contributed by atoms with E-state index in [0.29, 0.717) is 18.3 Å². The lowest BCUT2D eigenvalue weighted by atomic mass is 9.46. The number of nitrogens with zero attached hydrogens (tertiary/aromatic N) is 1. The zero-order valence-corrected chi connectivity index (χ0v) is 22.6. The molecule has 3 nitrogen and oxygen atoms in total. The average Bonchev–Trinajstić information content (AvgIpc) is 3.10. The Balaban J connectivity index is 1.50. The Hall–Kier alpha value is -0.830. The van der Waals surface area contributed by atoms with Crippen LogP contribution in [0.2, 0.25) is 0 Å². The number of likely N-dealkylation sites (N-methyl/N-ethyl adjacent to an activating group) is 1. The van der Waals surface area contributed by atoms with Crippen LogP contribution < -0.4 is 0 Å². The molecule has 0 saturated heterocycles. The molecule has 1 unspecified atom stereocenters. The number of fused-ring (bicyclic) bond motifs is 5. The summed E-state index contributed by atoms with van der Waals surface area (Å²) in [5.74, 6) is 4.82. The number of allylic oxidation sites excluding steroid dienone is 1. The van der Waals surface area contributed by atoms with E-state index < -0.39 is 5.60 Å². The molecule has 8 atom stereocenters. The molecule has 3 fully saturated rings. The van der Waals surface area contributed by atoms with E-state index in [1.165, 1.54) is 50.5 Å². The highest BCUT2D eigenvalue weighted by Gasteiger charge is 2.60. The second-order valence-corrected chi connectivity index (χ2v) is 13.7. The third kappa shape index (κ3) is 4.23. The van der Waals surface area contributed by atoms with E-state index in [-0.39, 0.29) is 11.3 Å². The molecule has 3 saturated carbocycles. The van der Waals surface area contributed by atoms with Crippen molar-refractivity contribution in [2.75, 3.05) is 14.1 Å². The van der Waals surface area contributed by atoms with Crippen molar-refractivity contribution in [2.45, 2.75) is 111 Å². The summed E-state index contributed by atoms with van der Waals surface area (Å²) in [4.78, 5) is 14.3. The molecule has 3 heteroatoms. The predicted molar refractivity (Wildman–Crippen MR) is 137 cm³/mol. The topological polar surface area (TPSA) is 40.5 Å². The lowest BCUT2D eigenvalue weighted by Gasteiger charge is -2.59. The summed E-state index contributed by atoms with van der Waals surface area (Å²) in [5, 5.41) is 11.2. The molecular formula is C30H51NO2. The first-order chi connectivity index (χ1) is 15.4. The van der Waals surface area contributed by atoms with Gasteiger partial charge in [0.15, 0.2) is 0 Å². The second-order valence-electron chi connectivity index (χ2n) is 13.7. The van der Waals surface area contributed by atoms with Crippen LogP contribution in [0.5, 0.6) is 0 Å². The summed E-state index contributed by atoms with van der Waals surface area (Å²) >= 11 is 0. The zero-order chi connectivity index (χ0) is 24.2. The minimum Gasteiger partial charge on any atom is -0.380 e. The fourth-order valence-corrected chi connectivity index (χ4v) is 9.27. The first-order valence-electron chi connectivity index (χ1n) is 14.1. The number of carbonyl (C=O) groups excluding carboxylic acids is 1. The average molecular weight is 458 g/mol. The molecule has 0 aliphatic heterocycles. The van der Waals surface area contributed by atoms with Gasteiger partial charge in [0.05, 0.1) is 0 Å². The number of aliphatic hydroxyl groups is 1. The predicted octanol–water partition coefficient (Wildman–Crippen LogP) is 6.85. The van der Waals surface area contributed by atoms with Gasteiger partial charge in [-0.05, 0) is 91.3 Å². The van der Waals surface area contributed by atoms with Gasteiger partial charge in [-0.3, -0.25) is 4.79 Å². The van der Waals surface area contributed by atoms with E-state index in [2.05, 4.69) is 40.7 Å². The van der Waals surface area contributed by atoms with Crippen molar-refractivity contribution >= 4 is 5.91 Å². The van der Waals surface area contributed by atoms with E-state index in [1.807, 2.05) is 0 Å². The van der Waals surface area contributed by atoms with Crippen LogP contribution in [0.4, 0.5) is 0 Å². The first kappa shape index (κ1) is 25.3. The minimum absolute atomic E-state index is 0.117. The molecule has 0 aromatic heterocycles. The van der Waals surface area contributed by atoms with Gasteiger partial charge in [-0.15, -0.1) is 0 Å². The Morgan fingerprint density at radius 3 is 2.45 bits per heavy atom. The third-order valence-corrected chi connectivity index (χ3v) is 11.2. The van der Waals surface area contributed by atoms with Crippen LogP contribution in [0, 0.1) is 46.3 Å². The third-order valence-electron chi connectivity index (χ3n) is 11.2. The summed E-state index contributed by atoms with van der Waals surface area (Å²) in [6.45, 7) is 12.4. The quantitative estimate of drug-likeness (QED) is 0.443. The van der Waals surface area contributed by atoms with Crippen LogP contribution in [0.1, 0.15) is 105 Å². The first-order valence-corrected chi connectivity index (χ1v) is 14.1. The summed E-state index contributed by atoms with van der Waals surface area (Å²) in [6.07, 6.45) is 15.5. The number of carbonyl (C=O) groups is 1. The maximum atomic E-state index is 12.7. The molecular weight excluding hydrogens is 406 g/mol. The maximum Gasteiger partial charge on any atom is 0.254 e. The highest BCUT2D eigenvalue weighted by atomic mass is 16.3. The molecule has 0 spiro atoms. The van der Waals surface area contributed by atoms with Crippen LogP contribution >= 0.6 is 0 Å². The van der Waals surface area contributed by atoms with Gasteiger partial charge in [-0.2, -0.15) is 0 Å². The summed E-state index contributed by atoms with van der Waals surface area (Å²) < 4.78 is 0. The van der Waals surface area contributed by atoms with Crippen LogP contribution in [-0.4, -0.2) is 35.6 Å². The van der Waals surface area contributed by atoms with Crippen molar-refractivity contribution in [3.8, 4) is 0 Å². The fourth-order valence-electron chi connectivity index (χ4n) is 9.27. The monoisotopic (exact) mass is 457 g/mol. The van der Waals surface area contributed by atoms with E-state index in [4.69, 9.17) is 0 Å². The molecule has 1 amide bonds. The number of rotatable bonds is 6. The van der Waals surface area contributed by atoms with Gasteiger partial charge >= 0.3 is 0 Å². The number of hydrogen-bond acceptors (Lipinski definition) is 2. The second kappa shape index (κ2) is 8.99. The fraction of sp³-hybridized carbons (Fsp3) is 0.900. The largest absolute Gasteiger partial charge is 0.380 e. The Labute approximate surface area is 203 Å². The Kier molecular flexibility index (Phi) is 6.89. The molecule has 0 bridgehead atoms. The lowest BCUT2D eigenvalue weighted by Crippen LogP contribution is -2.55. The molecule has 4 aliphatic rings. The van der Waals surface area contributed by atoms with Gasteiger partial charge in [-0.1, -0.05) is 65.5 Å². The molecule has 33 heavy (non-hydrogen) atoms. The Morgan fingerprint density at radius 1 is 1.06 bits per heavy atom. The van der Waals surface area contributed by atoms with Crippen LogP contribution in [0.25, 0.3) is 0 Å². The minimum atomic E-state index is -1.20. The smallest absolute Gasteiger partial charge is 0.254 e. The zero-order valence-electron chi connectivity index (χ0n) is 22.6. The highest BCUT2D eigenvalue weighted by molar-refractivity contribution is 5.85. The van der Waals surface area contributed by atoms with E-state index in [0.717, 1.165) is 48.3 Å². The standard InChI is InChI=1S/C30H51NO2/c1-20(2)9-8-10-21(3)24-13-14-25-23-12-11-22-19-30(33,27(32)31(6)7)18-17-28(22,4)26(23)15-16-29(24,25)5/h11,20-21,23-26,33H,8-10,12-19H2,1-7H3/t21-,23+,24-,25+,26+,28+,29-,30?/m1/s1. The van der Waals surface area contributed by atoms with Crippen molar-refractivity contribution in [1.29, 1.82) is 0 Å². The summed E-state index contributed by atoms with van der Waals surface area (Å²) in [6, 6.07) is 0. The van der Waals surface area contributed by atoms with Gasteiger partial charge in [0, 0.05) is 20.5 Å². The molecule has 0 aromatic carbocycles. The lowest BCUT2D eigenvalue weighted by molar-refractivity contribution is -0.154.